The van der Waals surface area contributed by atoms with Crippen molar-refractivity contribution in [3.63, 3.8) is 0 Å². The fourth-order valence-electron chi connectivity index (χ4n) is 5.77. The molecular weight excluding hydrogens is 598 g/mol. The lowest BCUT2D eigenvalue weighted by Crippen LogP contribution is -2.67. The fraction of sp³-hybridized carbons (Fsp3) is 0.389. The van der Waals surface area contributed by atoms with E-state index in [0.717, 1.165) is 21.6 Å². The third-order valence-electron chi connectivity index (χ3n) is 7.98. The van der Waals surface area contributed by atoms with Crippen molar-refractivity contribution in [2.75, 3.05) is 0 Å². The van der Waals surface area contributed by atoms with Gasteiger partial charge in [-0.25, -0.2) is 9.69 Å². The molecule has 0 saturated heterocycles. The van der Waals surface area contributed by atoms with E-state index in [9.17, 15) is 24.3 Å². The van der Waals surface area contributed by atoms with Gasteiger partial charge in [0.15, 0.2) is 0 Å². The van der Waals surface area contributed by atoms with E-state index in [2.05, 4.69) is 5.32 Å². The van der Waals surface area contributed by atoms with Crippen molar-refractivity contribution in [3.8, 4) is 0 Å². The molecule has 1 aliphatic heterocycles. The van der Waals surface area contributed by atoms with Gasteiger partial charge >= 0.3 is 6.09 Å². The van der Waals surface area contributed by atoms with Gasteiger partial charge in [0.2, 0.25) is 11.8 Å². The molecule has 0 saturated carbocycles. The lowest BCUT2D eigenvalue weighted by molar-refractivity contribution is -0.151. The molecule has 0 spiro atoms. The lowest BCUT2D eigenvalue weighted by atomic mass is 9.91. The number of fused-ring (bicyclic) bond motifs is 1. The first-order valence-corrected chi connectivity index (χ1v) is 15.8. The molecule has 0 fully saturated rings. The highest BCUT2D eigenvalue weighted by atomic mass is 16.6. The molecule has 4 rings (SSSR count). The summed E-state index contributed by atoms with van der Waals surface area (Å²) in [6.07, 6.45) is -3.55. The molecule has 11 nitrogen and oxygen atoms in total. The van der Waals surface area contributed by atoms with Crippen LogP contribution in [-0.4, -0.2) is 68.6 Å². The number of imide groups is 1. The highest BCUT2D eigenvalue weighted by molar-refractivity contribution is 5.97. The minimum absolute atomic E-state index is 0.126. The molecule has 4 amide bonds. The van der Waals surface area contributed by atoms with Crippen molar-refractivity contribution in [1.29, 1.82) is 0 Å². The number of carbonyl (C=O) groups is 4. The van der Waals surface area contributed by atoms with E-state index in [1.165, 1.54) is 0 Å². The second-order valence-corrected chi connectivity index (χ2v) is 12.9. The van der Waals surface area contributed by atoms with Gasteiger partial charge in [-0.15, -0.1) is 0 Å². The molecule has 11 heteroatoms. The standard InChI is InChI=1S/C36H45N5O6/c1-36(2,3)39-32(44)29-20-26-16-10-11-17-27(26)22-40(29)33(30(42)19-18-24-12-6-4-7-13-24)41(34(45)28(37)21-31(38)43)35(46)47-23-25-14-8-5-9-15-25/h4-17,28-30,33,42H,18-23,37H2,1-3H3,(H2,38,43)(H,39,44)/t28-,29-,30+,33+/m0/s1. The average molecular weight is 644 g/mol. The number of ether oxygens (including phenoxy) is 1. The van der Waals surface area contributed by atoms with Gasteiger partial charge in [-0.05, 0) is 62.3 Å². The number of carbonyl (C=O) groups excluding carboxylic acids is 4. The molecule has 47 heavy (non-hydrogen) atoms. The van der Waals surface area contributed by atoms with E-state index in [1.54, 1.807) is 29.2 Å². The van der Waals surface area contributed by atoms with Crippen LogP contribution in [0.4, 0.5) is 4.79 Å². The Kier molecular flexibility index (Phi) is 11.9. The molecule has 0 aliphatic carbocycles. The first-order valence-electron chi connectivity index (χ1n) is 15.8. The quantitative estimate of drug-likeness (QED) is 0.234. The molecule has 0 unspecified atom stereocenters. The summed E-state index contributed by atoms with van der Waals surface area (Å²) in [6, 6.07) is 23.6. The van der Waals surface area contributed by atoms with E-state index >= 15 is 0 Å². The van der Waals surface area contributed by atoms with Gasteiger partial charge in [0.1, 0.15) is 12.8 Å². The Labute approximate surface area is 275 Å². The zero-order valence-electron chi connectivity index (χ0n) is 27.2. The average Bonchev–Trinajstić information content (AvgIpc) is 3.04. The molecule has 0 bridgehead atoms. The number of benzene rings is 3. The van der Waals surface area contributed by atoms with Crippen LogP contribution in [0.25, 0.3) is 0 Å². The van der Waals surface area contributed by atoms with Crippen molar-refractivity contribution >= 4 is 23.8 Å². The number of hydrogen-bond acceptors (Lipinski definition) is 8. The van der Waals surface area contributed by atoms with Gasteiger partial charge in [-0.3, -0.25) is 19.3 Å². The number of amides is 4. The number of primary amides is 1. The normalized spacial score (nSPS) is 16.7. The zero-order chi connectivity index (χ0) is 34.1. The molecule has 0 radical (unpaired) electrons. The van der Waals surface area contributed by atoms with Crippen LogP contribution in [0.5, 0.6) is 0 Å². The van der Waals surface area contributed by atoms with Crippen LogP contribution in [0.1, 0.15) is 55.9 Å². The number of nitrogens with zero attached hydrogens (tertiary/aromatic N) is 2. The van der Waals surface area contributed by atoms with E-state index in [1.807, 2.05) is 81.4 Å². The molecule has 4 atom stereocenters. The van der Waals surface area contributed by atoms with Crippen LogP contribution in [0.3, 0.4) is 0 Å². The van der Waals surface area contributed by atoms with Crippen LogP contribution in [-0.2, 0) is 45.1 Å². The van der Waals surface area contributed by atoms with Crippen molar-refractivity contribution in [3.05, 3.63) is 107 Å². The number of hydrogen-bond donors (Lipinski definition) is 4. The Morgan fingerprint density at radius 3 is 2.11 bits per heavy atom. The molecule has 250 valence electrons. The highest BCUT2D eigenvalue weighted by Gasteiger charge is 2.47. The maximum atomic E-state index is 14.1. The maximum absolute atomic E-state index is 14.1. The van der Waals surface area contributed by atoms with Crippen LogP contribution in [0, 0.1) is 0 Å². The summed E-state index contributed by atoms with van der Waals surface area (Å²) in [5, 5.41) is 15.0. The van der Waals surface area contributed by atoms with Gasteiger partial charge < -0.3 is 26.6 Å². The summed E-state index contributed by atoms with van der Waals surface area (Å²) in [5.74, 6) is -2.13. The maximum Gasteiger partial charge on any atom is 0.418 e. The minimum Gasteiger partial charge on any atom is -0.444 e. The summed E-state index contributed by atoms with van der Waals surface area (Å²) in [5.41, 5.74) is 14.4. The van der Waals surface area contributed by atoms with Crippen LogP contribution >= 0.6 is 0 Å². The van der Waals surface area contributed by atoms with E-state index in [-0.39, 0.29) is 31.9 Å². The van der Waals surface area contributed by atoms with Gasteiger partial charge in [-0.2, -0.15) is 0 Å². The first-order chi connectivity index (χ1) is 22.3. The third kappa shape index (κ3) is 9.71. The summed E-state index contributed by atoms with van der Waals surface area (Å²) in [7, 11) is 0. The number of aliphatic hydroxyl groups excluding tert-OH is 1. The predicted molar refractivity (Wildman–Crippen MR) is 177 cm³/mol. The molecule has 1 heterocycles. The van der Waals surface area contributed by atoms with Gasteiger partial charge in [0, 0.05) is 12.1 Å². The molecule has 6 N–H and O–H groups in total. The van der Waals surface area contributed by atoms with Crippen LogP contribution < -0.4 is 16.8 Å². The number of aryl methyl sites for hydroxylation is 1. The fourth-order valence-corrected chi connectivity index (χ4v) is 5.77. The molecule has 0 aromatic heterocycles. The Hall–Kier alpha value is -4.58. The first kappa shape index (κ1) is 35.3. The smallest absolute Gasteiger partial charge is 0.418 e. The zero-order valence-corrected chi connectivity index (χ0v) is 27.2. The third-order valence-corrected chi connectivity index (χ3v) is 7.98. The monoisotopic (exact) mass is 643 g/mol. The Morgan fingerprint density at radius 2 is 1.51 bits per heavy atom. The largest absolute Gasteiger partial charge is 0.444 e. The summed E-state index contributed by atoms with van der Waals surface area (Å²) in [4.78, 5) is 56.4. The van der Waals surface area contributed by atoms with Crippen molar-refractivity contribution in [2.24, 2.45) is 11.5 Å². The highest BCUT2D eigenvalue weighted by Crippen LogP contribution is 2.30. The van der Waals surface area contributed by atoms with Crippen molar-refractivity contribution in [1.82, 2.24) is 15.1 Å². The summed E-state index contributed by atoms with van der Waals surface area (Å²) >= 11 is 0. The van der Waals surface area contributed by atoms with E-state index < -0.39 is 54.2 Å². The second-order valence-electron chi connectivity index (χ2n) is 12.9. The summed E-state index contributed by atoms with van der Waals surface area (Å²) < 4.78 is 5.65. The predicted octanol–water partition coefficient (Wildman–Crippen LogP) is 3.02. The van der Waals surface area contributed by atoms with Gasteiger partial charge in [-0.1, -0.05) is 84.9 Å². The molecule has 3 aromatic rings. The second kappa shape index (κ2) is 15.8. The molecule has 3 aromatic carbocycles. The number of aliphatic hydroxyl groups is 1. The minimum atomic E-state index is -1.50. The SMILES string of the molecule is CC(C)(C)NC(=O)[C@@H]1Cc2ccccc2CN1[C@@H]([C@H](O)CCc1ccccc1)N(C(=O)OCc1ccccc1)C(=O)[C@@H](N)CC(N)=O. The Balaban J connectivity index is 1.81. The van der Waals surface area contributed by atoms with E-state index in [4.69, 9.17) is 16.2 Å². The van der Waals surface area contributed by atoms with Crippen molar-refractivity contribution in [2.45, 2.75) is 89.5 Å². The molecular formula is C36H45N5O6. The lowest BCUT2D eigenvalue weighted by Gasteiger charge is -2.46. The summed E-state index contributed by atoms with van der Waals surface area (Å²) in [6.45, 7) is 5.54. The molecule has 1 aliphatic rings. The Morgan fingerprint density at radius 1 is 0.936 bits per heavy atom. The Bertz CT molecular complexity index is 1530. The van der Waals surface area contributed by atoms with Crippen molar-refractivity contribution < 1.29 is 29.0 Å². The number of nitrogens with two attached hydrogens (primary N) is 2. The van der Waals surface area contributed by atoms with Crippen LogP contribution in [0.15, 0.2) is 84.9 Å². The van der Waals surface area contributed by atoms with Gasteiger partial charge in [0.05, 0.1) is 24.6 Å². The number of rotatable bonds is 12. The van der Waals surface area contributed by atoms with Gasteiger partial charge in [0.25, 0.3) is 5.91 Å². The topological polar surface area (TPSA) is 168 Å². The number of nitrogens with one attached hydrogen (secondary N) is 1. The van der Waals surface area contributed by atoms with Crippen LogP contribution in [0.2, 0.25) is 0 Å². The van der Waals surface area contributed by atoms with E-state index in [0.29, 0.717) is 12.0 Å².